The molecule has 0 unspecified atom stereocenters. The highest BCUT2D eigenvalue weighted by atomic mass is 19.3. The maximum absolute atomic E-state index is 13.1. The first-order valence-electron chi connectivity index (χ1n) is 6.00. The van der Waals surface area contributed by atoms with Crippen molar-refractivity contribution in [3.05, 3.63) is 29.6 Å². The summed E-state index contributed by atoms with van der Waals surface area (Å²) in [5.41, 5.74) is 7.08. The molecule has 102 valence electrons. The van der Waals surface area contributed by atoms with E-state index in [1.165, 1.54) is 10.9 Å². The van der Waals surface area contributed by atoms with Crippen molar-refractivity contribution in [2.24, 2.45) is 0 Å². The third-order valence-electron chi connectivity index (χ3n) is 2.77. The smallest absolute Gasteiger partial charge is 0.267 e. The molecule has 0 saturated carbocycles. The van der Waals surface area contributed by atoms with E-state index in [9.17, 15) is 8.78 Å². The Balaban J connectivity index is 2.59. The number of nitrogen functional groups attached to an aromatic ring is 1. The zero-order valence-corrected chi connectivity index (χ0v) is 11.1. The molecule has 0 aliphatic carbocycles. The highest BCUT2D eigenvalue weighted by Crippen LogP contribution is 2.31. The number of hydrogen-bond acceptors (Lipinski definition) is 3. The second kappa shape index (κ2) is 4.95. The minimum absolute atomic E-state index is 0.0199. The first kappa shape index (κ1) is 13.5. The zero-order chi connectivity index (χ0) is 14.2. The van der Waals surface area contributed by atoms with Crippen molar-refractivity contribution < 1.29 is 8.78 Å². The third-order valence-corrected chi connectivity index (χ3v) is 2.77. The van der Waals surface area contributed by atoms with E-state index in [4.69, 9.17) is 5.73 Å². The monoisotopic (exact) mass is 266 g/mol. The quantitative estimate of drug-likeness (QED) is 0.926. The van der Waals surface area contributed by atoms with Crippen molar-refractivity contribution in [1.29, 1.82) is 0 Å². The van der Waals surface area contributed by atoms with Gasteiger partial charge >= 0.3 is 0 Å². The minimum Gasteiger partial charge on any atom is -0.384 e. The number of pyridine rings is 1. The fourth-order valence-electron chi connectivity index (χ4n) is 1.89. The molecule has 0 aliphatic rings. The Bertz CT molecular complexity index is 570. The van der Waals surface area contributed by atoms with Crippen LogP contribution in [-0.2, 0) is 0 Å². The number of aromatic nitrogens is 3. The highest BCUT2D eigenvalue weighted by Gasteiger charge is 2.20. The lowest BCUT2D eigenvalue weighted by molar-refractivity contribution is 0.152. The molecule has 0 amide bonds. The van der Waals surface area contributed by atoms with Crippen molar-refractivity contribution in [3.8, 4) is 11.3 Å². The van der Waals surface area contributed by atoms with Crippen molar-refractivity contribution in [2.45, 2.75) is 33.2 Å². The first-order valence-corrected chi connectivity index (χ1v) is 6.00. The maximum Gasteiger partial charge on any atom is 0.267 e. The molecule has 2 aromatic rings. The molecule has 0 fully saturated rings. The van der Waals surface area contributed by atoms with Gasteiger partial charge in [0.1, 0.15) is 11.5 Å². The van der Waals surface area contributed by atoms with Gasteiger partial charge in [0.25, 0.3) is 6.43 Å². The largest absolute Gasteiger partial charge is 0.384 e. The van der Waals surface area contributed by atoms with Crippen molar-refractivity contribution >= 4 is 5.82 Å². The van der Waals surface area contributed by atoms with E-state index in [-0.39, 0.29) is 17.3 Å². The Morgan fingerprint density at radius 3 is 2.47 bits per heavy atom. The van der Waals surface area contributed by atoms with Gasteiger partial charge in [0.15, 0.2) is 0 Å². The van der Waals surface area contributed by atoms with E-state index in [2.05, 4.69) is 10.1 Å². The number of nitrogens with zero attached hydrogens (tertiary/aromatic N) is 3. The lowest BCUT2D eigenvalue weighted by Gasteiger charge is -2.05. The zero-order valence-electron chi connectivity index (χ0n) is 11.1. The number of aryl methyl sites for hydroxylation is 1. The summed E-state index contributed by atoms with van der Waals surface area (Å²) >= 11 is 0. The number of hydrogen-bond donors (Lipinski definition) is 1. The summed E-state index contributed by atoms with van der Waals surface area (Å²) in [4.78, 5) is 4.03. The van der Waals surface area contributed by atoms with Gasteiger partial charge in [0.2, 0.25) is 0 Å². The second-order valence-corrected chi connectivity index (χ2v) is 4.73. The van der Waals surface area contributed by atoms with E-state index in [0.29, 0.717) is 17.1 Å². The molecule has 0 spiro atoms. The molecule has 0 aromatic carbocycles. The Morgan fingerprint density at radius 2 is 1.95 bits per heavy atom. The normalized spacial score (nSPS) is 11.5. The van der Waals surface area contributed by atoms with Gasteiger partial charge in [-0.2, -0.15) is 5.10 Å². The van der Waals surface area contributed by atoms with Crippen LogP contribution < -0.4 is 5.73 Å². The molecule has 0 atom stereocenters. The van der Waals surface area contributed by atoms with Gasteiger partial charge in [-0.15, -0.1) is 0 Å². The van der Waals surface area contributed by atoms with E-state index >= 15 is 0 Å². The lowest BCUT2D eigenvalue weighted by atomic mass is 10.1. The minimum atomic E-state index is -2.57. The van der Waals surface area contributed by atoms with Gasteiger partial charge in [-0.3, -0.25) is 4.68 Å². The van der Waals surface area contributed by atoms with Gasteiger partial charge < -0.3 is 5.73 Å². The molecular formula is C13H16F2N4. The molecule has 0 bridgehead atoms. The van der Waals surface area contributed by atoms with Crippen LogP contribution in [0.25, 0.3) is 11.3 Å². The first-order chi connectivity index (χ1) is 8.88. The van der Waals surface area contributed by atoms with Crippen LogP contribution in [-0.4, -0.2) is 14.8 Å². The molecule has 0 aliphatic heterocycles. The fraction of sp³-hybridized carbons (Fsp3) is 0.385. The Hall–Kier alpha value is -1.98. The number of nitrogens with two attached hydrogens (primary N) is 1. The van der Waals surface area contributed by atoms with Gasteiger partial charge in [-0.25, -0.2) is 13.8 Å². The number of halogens is 2. The topological polar surface area (TPSA) is 56.7 Å². The summed E-state index contributed by atoms with van der Waals surface area (Å²) in [6.45, 7) is 5.54. The van der Waals surface area contributed by atoms with Crippen LogP contribution in [0.15, 0.2) is 18.3 Å². The molecule has 19 heavy (non-hydrogen) atoms. The van der Waals surface area contributed by atoms with Crippen LogP contribution in [0.3, 0.4) is 0 Å². The Kier molecular flexibility index (Phi) is 3.50. The predicted molar refractivity (Wildman–Crippen MR) is 69.9 cm³/mol. The van der Waals surface area contributed by atoms with Gasteiger partial charge in [-0.05, 0) is 32.9 Å². The molecule has 2 aromatic heterocycles. The van der Waals surface area contributed by atoms with Crippen LogP contribution in [0, 0.1) is 6.92 Å². The second-order valence-electron chi connectivity index (χ2n) is 4.73. The van der Waals surface area contributed by atoms with E-state index < -0.39 is 6.43 Å². The number of anilines is 1. The summed E-state index contributed by atoms with van der Waals surface area (Å²) in [5, 5.41) is 4.24. The van der Waals surface area contributed by atoms with Gasteiger partial charge in [0, 0.05) is 23.5 Å². The average Bonchev–Trinajstić information content (AvgIpc) is 2.72. The summed E-state index contributed by atoms with van der Waals surface area (Å²) in [6.07, 6.45) is -1.19. The molecule has 2 heterocycles. The summed E-state index contributed by atoms with van der Waals surface area (Å²) in [5.74, 6) is 0.300. The summed E-state index contributed by atoms with van der Waals surface area (Å²) < 4.78 is 27.7. The van der Waals surface area contributed by atoms with Crippen LogP contribution in [0.1, 0.15) is 37.6 Å². The van der Waals surface area contributed by atoms with Crippen molar-refractivity contribution in [2.75, 3.05) is 5.73 Å². The molecule has 2 rings (SSSR count). The average molecular weight is 266 g/mol. The van der Waals surface area contributed by atoms with Gasteiger partial charge in [0.05, 0.1) is 5.56 Å². The third kappa shape index (κ3) is 2.72. The van der Waals surface area contributed by atoms with Crippen LogP contribution in [0.5, 0.6) is 0 Å². The molecule has 6 heteroatoms. The van der Waals surface area contributed by atoms with Crippen molar-refractivity contribution in [1.82, 2.24) is 14.8 Å². The molecular weight excluding hydrogens is 250 g/mol. The highest BCUT2D eigenvalue weighted by molar-refractivity contribution is 5.66. The lowest BCUT2D eigenvalue weighted by Crippen LogP contribution is -2.01. The van der Waals surface area contributed by atoms with Crippen LogP contribution in [0.2, 0.25) is 0 Å². The van der Waals surface area contributed by atoms with Crippen LogP contribution in [0.4, 0.5) is 14.6 Å². The fourth-order valence-corrected chi connectivity index (χ4v) is 1.89. The van der Waals surface area contributed by atoms with E-state index in [1.54, 1.807) is 19.1 Å². The van der Waals surface area contributed by atoms with Crippen LogP contribution >= 0.6 is 0 Å². The molecule has 0 saturated heterocycles. The van der Waals surface area contributed by atoms with E-state index in [1.807, 2.05) is 13.8 Å². The number of rotatable bonds is 3. The summed E-state index contributed by atoms with van der Waals surface area (Å²) in [7, 11) is 0. The maximum atomic E-state index is 13.1. The molecule has 4 nitrogen and oxygen atoms in total. The molecule has 2 N–H and O–H groups in total. The standard InChI is InChI=1S/C13H16F2N4/c1-7(2)19-6-10(13(14)15)12(18-19)9-4-8(3)17-11(16)5-9/h4-7,13H,1-3H3,(H2,16,17). The Labute approximate surface area is 110 Å². The van der Waals surface area contributed by atoms with E-state index in [0.717, 1.165) is 0 Å². The molecule has 0 radical (unpaired) electrons. The number of alkyl halides is 2. The van der Waals surface area contributed by atoms with Gasteiger partial charge in [-0.1, -0.05) is 0 Å². The summed E-state index contributed by atoms with van der Waals surface area (Å²) in [6, 6.07) is 3.28. The predicted octanol–water partition coefficient (Wildman–Crippen LogP) is 3.35. The Morgan fingerprint density at radius 1 is 1.26 bits per heavy atom. The van der Waals surface area contributed by atoms with Crippen molar-refractivity contribution in [3.63, 3.8) is 0 Å². The SMILES string of the molecule is Cc1cc(-c2nn(C(C)C)cc2C(F)F)cc(N)n1.